The number of amides is 3. The van der Waals surface area contributed by atoms with Gasteiger partial charge in [-0.2, -0.15) is 0 Å². The topological polar surface area (TPSA) is 96.7 Å². The molecule has 1 aromatic rings. The van der Waals surface area contributed by atoms with Gasteiger partial charge in [0.1, 0.15) is 0 Å². The fourth-order valence-corrected chi connectivity index (χ4v) is 2.84. The van der Waals surface area contributed by atoms with E-state index in [0.717, 1.165) is 30.9 Å². The Morgan fingerprint density at radius 3 is 2.57 bits per heavy atom. The summed E-state index contributed by atoms with van der Waals surface area (Å²) in [5, 5.41) is 5.09. The van der Waals surface area contributed by atoms with Crippen LogP contribution in [-0.2, 0) is 16.1 Å². The third kappa shape index (κ3) is 5.54. The van der Waals surface area contributed by atoms with Crippen LogP contribution in [0.3, 0.4) is 0 Å². The largest absolute Gasteiger partial charge is 0.376 e. The van der Waals surface area contributed by atoms with E-state index in [0.29, 0.717) is 0 Å². The highest BCUT2D eigenvalue weighted by Gasteiger charge is 2.22. The van der Waals surface area contributed by atoms with Crippen molar-refractivity contribution in [2.24, 2.45) is 5.73 Å². The lowest BCUT2D eigenvalue weighted by molar-refractivity contribution is -0.118. The first-order valence-electron chi connectivity index (χ1n) is 7.73. The average molecular weight is 320 g/mol. The molecule has 1 aromatic carbocycles. The molecule has 126 valence electrons. The molecular weight excluding hydrogens is 296 g/mol. The molecule has 1 heterocycles. The van der Waals surface area contributed by atoms with E-state index in [9.17, 15) is 9.59 Å². The first-order chi connectivity index (χ1) is 10.9. The number of morpholine rings is 1. The summed E-state index contributed by atoms with van der Waals surface area (Å²) < 4.78 is 5.75. The average Bonchev–Trinajstić information content (AvgIpc) is 2.44. The Balaban J connectivity index is 1.97. The summed E-state index contributed by atoms with van der Waals surface area (Å²) in [6.45, 7) is 6.66. The van der Waals surface area contributed by atoms with E-state index in [2.05, 4.69) is 24.1 Å². The van der Waals surface area contributed by atoms with E-state index in [-0.39, 0.29) is 18.8 Å². The molecule has 0 aliphatic carbocycles. The number of rotatable bonds is 5. The van der Waals surface area contributed by atoms with E-state index < -0.39 is 11.9 Å². The van der Waals surface area contributed by atoms with Crippen LogP contribution in [0.15, 0.2) is 24.3 Å². The van der Waals surface area contributed by atoms with E-state index in [4.69, 9.17) is 10.5 Å². The maximum absolute atomic E-state index is 11.5. The van der Waals surface area contributed by atoms with Crippen LogP contribution in [0.5, 0.6) is 0 Å². The second-order valence-corrected chi connectivity index (χ2v) is 5.87. The molecule has 1 fully saturated rings. The van der Waals surface area contributed by atoms with Gasteiger partial charge in [-0.15, -0.1) is 0 Å². The second-order valence-electron chi connectivity index (χ2n) is 5.87. The lowest BCUT2D eigenvalue weighted by Gasteiger charge is -2.35. The lowest BCUT2D eigenvalue weighted by atomic mass is 10.1. The summed E-state index contributed by atoms with van der Waals surface area (Å²) in [6, 6.07) is 6.97. The quantitative estimate of drug-likeness (QED) is 0.749. The number of nitrogens with one attached hydrogen (secondary N) is 2. The number of anilines is 1. The third-order valence-corrected chi connectivity index (χ3v) is 3.61. The summed E-state index contributed by atoms with van der Waals surface area (Å²) in [4.78, 5) is 24.5. The van der Waals surface area contributed by atoms with Gasteiger partial charge in [0.2, 0.25) is 5.91 Å². The molecule has 4 N–H and O–H groups in total. The molecule has 7 heteroatoms. The lowest BCUT2D eigenvalue weighted by Crippen LogP contribution is -2.44. The number of urea groups is 1. The fraction of sp³-hybridized carbons (Fsp3) is 0.500. The van der Waals surface area contributed by atoms with Gasteiger partial charge in [-0.3, -0.25) is 15.0 Å². The number of nitrogens with two attached hydrogens (primary N) is 1. The normalized spacial score (nSPS) is 21.7. The zero-order valence-corrected chi connectivity index (χ0v) is 13.5. The van der Waals surface area contributed by atoms with Gasteiger partial charge in [0.25, 0.3) is 0 Å². The van der Waals surface area contributed by atoms with Gasteiger partial charge in [0.05, 0.1) is 18.8 Å². The fourth-order valence-electron chi connectivity index (χ4n) is 2.84. The summed E-state index contributed by atoms with van der Waals surface area (Å²) in [6.07, 6.45) is 0.417. The SMILES string of the molecule is C[C@H]1CN(Cc2ccccc2NCC(=O)NC(N)=O)C[C@H](C)O1. The van der Waals surface area contributed by atoms with Gasteiger partial charge in [-0.1, -0.05) is 18.2 Å². The number of carbonyl (C=O) groups is 2. The summed E-state index contributed by atoms with van der Waals surface area (Å²) in [7, 11) is 0. The van der Waals surface area contributed by atoms with Crippen molar-refractivity contribution in [3.63, 3.8) is 0 Å². The Morgan fingerprint density at radius 1 is 1.26 bits per heavy atom. The molecule has 3 amide bonds. The highest BCUT2D eigenvalue weighted by Crippen LogP contribution is 2.20. The van der Waals surface area contributed by atoms with Crippen LogP contribution in [0, 0.1) is 0 Å². The first kappa shape index (κ1) is 17.2. The van der Waals surface area contributed by atoms with E-state index in [1.165, 1.54) is 0 Å². The smallest absolute Gasteiger partial charge is 0.318 e. The minimum Gasteiger partial charge on any atom is -0.376 e. The molecule has 1 saturated heterocycles. The minimum absolute atomic E-state index is 0.00410. The van der Waals surface area contributed by atoms with Gasteiger partial charge in [0, 0.05) is 25.3 Å². The van der Waals surface area contributed by atoms with Crippen LogP contribution >= 0.6 is 0 Å². The maximum Gasteiger partial charge on any atom is 0.318 e. The zero-order chi connectivity index (χ0) is 16.8. The molecule has 1 aliphatic rings. The molecular formula is C16H24N4O3. The predicted molar refractivity (Wildman–Crippen MR) is 87.9 cm³/mol. The standard InChI is InChI=1S/C16H24N4O3/c1-11-8-20(9-12(2)23-11)10-13-5-3-4-6-14(13)18-7-15(21)19-16(17)22/h3-6,11-12,18H,7-10H2,1-2H3,(H3,17,19,21,22)/t11-,12-/m0/s1. The van der Waals surface area contributed by atoms with Crippen LogP contribution in [0.2, 0.25) is 0 Å². The molecule has 2 rings (SSSR count). The van der Waals surface area contributed by atoms with Gasteiger partial charge in [-0.05, 0) is 25.5 Å². The molecule has 23 heavy (non-hydrogen) atoms. The Bertz CT molecular complexity index is 554. The number of carbonyl (C=O) groups excluding carboxylic acids is 2. The number of hydrogen-bond donors (Lipinski definition) is 3. The first-order valence-corrected chi connectivity index (χ1v) is 7.73. The molecule has 1 aliphatic heterocycles. The maximum atomic E-state index is 11.5. The Hall–Kier alpha value is -2.12. The van der Waals surface area contributed by atoms with Crippen LogP contribution in [0.4, 0.5) is 10.5 Å². The van der Waals surface area contributed by atoms with Crippen LogP contribution in [-0.4, -0.2) is 48.7 Å². The number of primary amides is 1. The van der Waals surface area contributed by atoms with Crippen molar-refractivity contribution in [1.82, 2.24) is 10.2 Å². The number of nitrogens with zero attached hydrogens (tertiary/aromatic N) is 1. The summed E-state index contributed by atoms with van der Waals surface area (Å²) in [5.74, 6) is -0.457. The van der Waals surface area contributed by atoms with Crippen molar-refractivity contribution in [1.29, 1.82) is 0 Å². The van der Waals surface area contributed by atoms with E-state index >= 15 is 0 Å². The van der Waals surface area contributed by atoms with Crippen LogP contribution in [0.25, 0.3) is 0 Å². The van der Waals surface area contributed by atoms with Crippen molar-refractivity contribution in [3.8, 4) is 0 Å². The Morgan fingerprint density at radius 2 is 1.91 bits per heavy atom. The molecule has 7 nitrogen and oxygen atoms in total. The molecule has 2 atom stereocenters. The highest BCUT2D eigenvalue weighted by molar-refractivity contribution is 5.95. The van der Waals surface area contributed by atoms with Gasteiger partial charge >= 0.3 is 6.03 Å². The van der Waals surface area contributed by atoms with Crippen LogP contribution < -0.4 is 16.4 Å². The predicted octanol–water partition coefficient (Wildman–Crippen LogP) is 0.903. The minimum atomic E-state index is -0.846. The monoisotopic (exact) mass is 320 g/mol. The number of ether oxygens (including phenoxy) is 1. The third-order valence-electron chi connectivity index (χ3n) is 3.61. The second kappa shape index (κ2) is 7.94. The molecule has 0 spiro atoms. The Labute approximate surface area is 136 Å². The molecule has 0 saturated carbocycles. The number of imide groups is 1. The van der Waals surface area contributed by atoms with Crippen molar-refractivity contribution < 1.29 is 14.3 Å². The molecule has 0 radical (unpaired) electrons. The van der Waals surface area contributed by atoms with E-state index in [1.807, 2.05) is 29.6 Å². The van der Waals surface area contributed by atoms with Crippen molar-refractivity contribution in [3.05, 3.63) is 29.8 Å². The van der Waals surface area contributed by atoms with Crippen LogP contribution in [0.1, 0.15) is 19.4 Å². The number of para-hydroxylation sites is 1. The number of hydrogen-bond acceptors (Lipinski definition) is 5. The van der Waals surface area contributed by atoms with Gasteiger partial charge in [-0.25, -0.2) is 4.79 Å². The summed E-state index contributed by atoms with van der Waals surface area (Å²) in [5.41, 5.74) is 6.90. The van der Waals surface area contributed by atoms with Crippen molar-refractivity contribution in [2.75, 3.05) is 25.0 Å². The van der Waals surface area contributed by atoms with Gasteiger partial charge in [0.15, 0.2) is 0 Å². The number of benzene rings is 1. The highest BCUT2D eigenvalue weighted by atomic mass is 16.5. The molecule has 0 aromatic heterocycles. The Kier molecular flexibility index (Phi) is 5.95. The van der Waals surface area contributed by atoms with Gasteiger partial charge < -0.3 is 15.8 Å². The molecule has 0 unspecified atom stereocenters. The summed E-state index contributed by atoms with van der Waals surface area (Å²) >= 11 is 0. The van der Waals surface area contributed by atoms with Crippen molar-refractivity contribution >= 4 is 17.6 Å². The van der Waals surface area contributed by atoms with Crippen molar-refractivity contribution in [2.45, 2.75) is 32.6 Å². The zero-order valence-electron chi connectivity index (χ0n) is 13.5. The molecule has 0 bridgehead atoms. The van der Waals surface area contributed by atoms with E-state index in [1.54, 1.807) is 0 Å².